The predicted molar refractivity (Wildman–Crippen MR) is 119 cm³/mol. The molecule has 6 nitrogen and oxygen atoms in total. The Morgan fingerprint density at radius 3 is 2.06 bits per heavy atom. The van der Waals surface area contributed by atoms with Crippen LogP contribution in [-0.4, -0.2) is 36.7 Å². The molecule has 9 heteroatoms. The van der Waals surface area contributed by atoms with E-state index in [0.29, 0.717) is 23.5 Å². The molecule has 2 amide bonds. The summed E-state index contributed by atoms with van der Waals surface area (Å²) in [6.07, 6.45) is -4.77. The lowest BCUT2D eigenvalue weighted by atomic mass is 10.1. The summed E-state index contributed by atoms with van der Waals surface area (Å²) in [5, 5.41) is 5.44. The van der Waals surface area contributed by atoms with Crippen molar-refractivity contribution in [2.75, 3.05) is 24.2 Å². The Balaban J connectivity index is 1.47. The number of halogens is 3. The highest BCUT2D eigenvalue weighted by Gasteiger charge is 2.30. The number of carbonyl (C=O) groups is 2. The van der Waals surface area contributed by atoms with Crippen LogP contribution in [0.2, 0.25) is 0 Å². The second kappa shape index (κ2) is 10.6. The summed E-state index contributed by atoms with van der Waals surface area (Å²) in [5.41, 5.74) is 2.49. The molecule has 3 aromatic rings. The largest absolute Gasteiger partial charge is 0.573 e. The molecule has 33 heavy (non-hydrogen) atoms. The summed E-state index contributed by atoms with van der Waals surface area (Å²) in [5.74, 6) is -0.897. The third kappa shape index (κ3) is 7.97. The molecule has 0 saturated heterocycles. The standard InChI is InChI=1S/C24H22F3N3O3/c1-30(16-22(31)28-20-11-13-21(14-12-20)33-24(25,26)27)15-17-7-9-18(10-8-17)23(32)29-19-5-3-2-4-6-19/h2-14H,15-16H2,1H3,(H,28,31)(H,29,32). The summed E-state index contributed by atoms with van der Waals surface area (Å²) in [6.45, 7) is 0.531. The molecular formula is C24H22F3N3O3. The Labute approximate surface area is 189 Å². The van der Waals surface area contributed by atoms with Crippen molar-refractivity contribution < 1.29 is 27.5 Å². The van der Waals surface area contributed by atoms with Crippen molar-refractivity contribution in [3.05, 3.63) is 90.0 Å². The number of nitrogens with zero attached hydrogens (tertiary/aromatic N) is 1. The molecule has 0 aliphatic carbocycles. The topological polar surface area (TPSA) is 70.7 Å². The Hall–Kier alpha value is -3.85. The fourth-order valence-corrected chi connectivity index (χ4v) is 3.04. The van der Waals surface area contributed by atoms with Crippen LogP contribution in [0.3, 0.4) is 0 Å². The summed E-state index contributed by atoms with van der Waals surface area (Å²) >= 11 is 0. The molecule has 0 spiro atoms. The van der Waals surface area contributed by atoms with Crippen LogP contribution in [0.25, 0.3) is 0 Å². The average Bonchev–Trinajstić information content (AvgIpc) is 2.75. The molecule has 0 aliphatic rings. The highest BCUT2D eigenvalue weighted by molar-refractivity contribution is 6.04. The predicted octanol–water partition coefficient (Wildman–Crippen LogP) is 4.91. The minimum absolute atomic E-state index is 0.0665. The minimum Gasteiger partial charge on any atom is -0.406 e. The van der Waals surface area contributed by atoms with Crippen LogP contribution in [0.15, 0.2) is 78.9 Å². The molecule has 0 bridgehead atoms. The van der Waals surface area contributed by atoms with Crippen LogP contribution in [0.5, 0.6) is 5.75 Å². The van der Waals surface area contributed by atoms with Gasteiger partial charge in [0.1, 0.15) is 5.75 Å². The van der Waals surface area contributed by atoms with Gasteiger partial charge < -0.3 is 15.4 Å². The van der Waals surface area contributed by atoms with E-state index in [4.69, 9.17) is 0 Å². The summed E-state index contributed by atoms with van der Waals surface area (Å²) in [7, 11) is 1.76. The van der Waals surface area contributed by atoms with E-state index in [1.54, 1.807) is 36.2 Å². The zero-order chi connectivity index (χ0) is 23.8. The van der Waals surface area contributed by atoms with E-state index in [-0.39, 0.29) is 24.1 Å². The van der Waals surface area contributed by atoms with Gasteiger partial charge in [0.25, 0.3) is 5.91 Å². The first kappa shape index (κ1) is 23.8. The fourth-order valence-electron chi connectivity index (χ4n) is 3.04. The second-order valence-electron chi connectivity index (χ2n) is 7.31. The number of carbonyl (C=O) groups excluding carboxylic acids is 2. The summed E-state index contributed by atoms with van der Waals surface area (Å²) < 4.78 is 40.4. The monoisotopic (exact) mass is 457 g/mol. The van der Waals surface area contributed by atoms with E-state index in [9.17, 15) is 22.8 Å². The number of rotatable bonds is 8. The molecule has 2 N–H and O–H groups in total. The molecule has 0 fully saturated rings. The maximum atomic E-state index is 12.3. The Morgan fingerprint density at radius 1 is 0.848 bits per heavy atom. The number of hydrogen-bond donors (Lipinski definition) is 2. The van der Waals surface area contributed by atoms with E-state index in [2.05, 4.69) is 15.4 Å². The van der Waals surface area contributed by atoms with Crippen LogP contribution < -0.4 is 15.4 Å². The molecule has 0 radical (unpaired) electrons. The molecule has 172 valence electrons. The van der Waals surface area contributed by atoms with Crippen molar-refractivity contribution in [3.8, 4) is 5.75 Å². The Kier molecular flexibility index (Phi) is 7.68. The number of para-hydroxylation sites is 1. The lowest BCUT2D eigenvalue weighted by molar-refractivity contribution is -0.274. The van der Waals surface area contributed by atoms with Crippen LogP contribution in [-0.2, 0) is 11.3 Å². The van der Waals surface area contributed by atoms with Crippen molar-refractivity contribution >= 4 is 23.2 Å². The second-order valence-corrected chi connectivity index (χ2v) is 7.31. The molecule has 0 unspecified atom stereocenters. The van der Waals surface area contributed by atoms with Gasteiger partial charge in [0.15, 0.2) is 0 Å². The average molecular weight is 457 g/mol. The van der Waals surface area contributed by atoms with Crippen molar-refractivity contribution in [1.29, 1.82) is 0 Å². The molecule has 0 aromatic heterocycles. The van der Waals surface area contributed by atoms with Gasteiger partial charge in [0, 0.05) is 23.5 Å². The number of anilines is 2. The molecule has 3 aromatic carbocycles. The highest BCUT2D eigenvalue weighted by Crippen LogP contribution is 2.24. The fraction of sp³-hybridized carbons (Fsp3) is 0.167. The van der Waals surface area contributed by atoms with Gasteiger partial charge in [0.05, 0.1) is 6.54 Å². The maximum Gasteiger partial charge on any atom is 0.573 e. The zero-order valence-electron chi connectivity index (χ0n) is 17.7. The summed E-state index contributed by atoms with van der Waals surface area (Å²) in [4.78, 5) is 26.3. The van der Waals surface area contributed by atoms with Gasteiger partial charge in [-0.15, -0.1) is 13.2 Å². The van der Waals surface area contributed by atoms with Gasteiger partial charge in [-0.25, -0.2) is 0 Å². The third-order valence-electron chi connectivity index (χ3n) is 4.49. The van der Waals surface area contributed by atoms with E-state index in [1.807, 2.05) is 30.3 Å². The van der Waals surface area contributed by atoms with Crippen LogP contribution in [0, 0.1) is 0 Å². The van der Waals surface area contributed by atoms with Crippen LogP contribution in [0.4, 0.5) is 24.5 Å². The molecular weight excluding hydrogens is 435 g/mol. The van der Waals surface area contributed by atoms with Gasteiger partial charge in [-0.2, -0.15) is 0 Å². The molecule has 0 atom stereocenters. The molecule has 0 saturated carbocycles. The van der Waals surface area contributed by atoms with Gasteiger partial charge in [-0.05, 0) is 61.1 Å². The zero-order valence-corrected chi connectivity index (χ0v) is 17.7. The van der Waals surface area contributed by atoms with Crippen LogP contribution in [0.1, 0.15) is 15.9 Å². The molecule has 0 heterocycles. The van der Waals surface area contributed by atoms with Gasteiger partial charge in [-0.3, -0.25) is 14.5 Å². The van der Waals surface area contributed by atoms with E-state index < -0.39 is 6.36 Å². The molecule has 3 rings (SSSR count). The Bertz CT molecular complexity index is 1070. The maximum absolute atomic E-state index is 12.3. The highest BCUT2D eigenvalue weighted by atomic mass is 19.4. The SMILES string of the molecule is CN(CC(=O)Nc1ccc(OC(F)(F)F)cc1)Cc1ccc(C(=O)Nc2ccccc2)cc1. The smallest absolute Gasteiger partial charge is 0.406 e. The van der Waals surface area contributed by atoms with Crippen molar-refractivity contribution in [2.24, 2.45) is 0 Å². The number of amides is 2. The first-order valence-corrected chi connectivity index (χ1v) is 9.97. The number of alkyl halides is 3. The molecule has 0 aliphatic heterocycles. The van der Waals surface area contributed by atoms with E-state index in [0.717, 1.165) is 17.7 Å². The lowest BCUT2D eigenvalue weighted by Crippen LogP contribution is -2.29. The van der Waals surface area contributed by atoms with Gasteiger partial charge in [-0.1, -0.05) is 30.3 Å². The van der Waals surface area contributed by atoms with Crippen molar-refractivity contribution in [1.82, 2.24) is 4.90 Å². The number of hydrogen-bond acceptors (Lipinski definition) is 4. The van der Waals surface area contributed by atoms with Crippen LogP contribution >= 0.6 is 0 Å². The first-order chi connectivity index (χ1) is 15.7. The first-order valence-electron chi connectivity index (χ1n) is 9.97. The number of likely N-dealkylation sites (N-methyl/N-ethyl adjacent to an activating group) is 1. The Morgan fingerprint density at radius 2 is 1.45 bits per heavy atom. The van der Waals surface area contributed by atoms with Crippen molar-refractivity contribution in [3.63, 3.8) is 0 Å². The van der Waals surface area contributed by atoms with E-state index in [1.165, 1.54) is 12.1 Å². The lowest BCUT2D eigenvalue weighted by Gasteiger charge is -2.17. The van der Waals surface area contributed by atoms with Gasteiger partial charge in [0.2, 0.25) is 5.91 Å². The van der Waals surface area contributed by atoms with Gasteiger partial charge >= 0.3 is 6.36 Å². The third-order valence-corrected chi connectivity index (χ3v) is 4.49. The normalized spacial score (nSPS) is 11.2. The number of nitrogens with one attached hydrogen (secondary N) is 2. The quantitative estimate of drug-likeness (QED) is 0.505. The minimum atomic E-state index is -4.77. The summed E-state index contributed by atoms with van der Waals surface area (Å²) in [6, 6.07) is 21.1. The van der Waals surface area contributed by atoms with E-state index >= 15 is 0 Å². The van der Waals surface area contributed by atoms with Crippen molar-refractivity contribution in [2.45, 2.75) is 12.9 Å². The number of benzene rings is 3. The number of ether oxygens (including phenoxy) is 1.